The second-order valence-corrected chi connectivity index (χ2v) is 8.89. The molecule has 1 N–H and O–H groups in total. The number of thioether (sulfide) groups is 1. The van der Waals surface area contributed by atoms with Gasteiger partial charge >= 0.3 is 6.18 Å². The maximum atomic E-state index is 13.2. The lowest BCUT2D eigenvalue weighted by Crippen LogP contribution is -2.41. The maximum Gasteiger partial charge on any atom is 0.416 e. The van der Waals surface area contributed by atoms with Gasteiger partial charge in [0.15, 0.2) is 0 Å². The van der Waals surface area contributed by atoms with Crippen molar-refractivity contribution < 1.29 is 22.7 Å². The second-order valence-electron chi connectivity index (χ2n) is 8.04. The first-order valence-corrected chi connectivity index (χ1v) is 11.8. The van der Waals surface area contributed by atoms with Gasteiger partial charge in [0.1, 0.15) is 5.75 Å². The van der Waals surface area contributed by atoms with E-state index in [2.05, 4.69) is 29.4 Å². The fraction of sp³-hybridized carbons (Fsp3) is 0.458. The number of carbonyl (C=O) groups is 1. The van der Waals surface area contributed by atoms with E-state index in [9.17, 15) is 18.0 Å². The van der Waals surface area contributed by atoms with Crippen molar-refractivity contribution in [1.29, 1.82) is 0 Å². The number of rotatable bonds is 8. The Balaban J connectivity index is 1.63. The zero-order valence-electron chi connectivity index (χ0n) is 18.5. The summed E-state index contributed by atoms with van der Waals surface area (Å²) in [4.78, 5) is 15.5. The highest BCUT2D eigenvalue weighted by Crippen LogP contribution is 2.38. The third-order valence-electron chi connectivity index (χ3n) is 6.15. The highest BCUT2D eigenvalue weighted by atomic mass is 32.2. The molecule has 1 heterocycles. The first kappa shape index (κ1) is 24.5. The van der Waals surface area contributed by atoms with Crippen molar-refractivity contribution in [1.82, 2.24) is 10.2 Å². The molecule has 3 rings (SSSR count). The number of ether oxygens (including phenoxy) is 1. The number of benzene rings is 2. The van der Waals surface area contributed by atoms with Crippen LogP contribution in [0.2, 0.25) is 0 Å². The molecule has 1 aliphatic rings. The zero-order chi connectivity index (χ0) is 23.3. The summed E-state index contributed by atoms with van der Waals surface area (Å²) in [5.41, 5.74) is 0.637. The first-order valence-electron chi connectivity index (χ1n) is 10.6. The molecule has 4 nitrogen and oxygen atoms in total. The van der Waals surface area contributed by atoms with Crippen molar-refractivity contribution >= 4 is 17.7 Å². The molecule has 0 unspecified atom stereocenters. The predicted molar refractivity (Wildman–Crippen MR) is 121 cm³/mol. The molecule has 32 heavy (non-hydrogen) atoms. The highest BCUT2D eigenvalue weighted by Gasteiger charge is 2.34. The molecule has 174 valence electrons. The van der Waals surface area contributed by atoms with E-state index in [4.69, 9.17) is 4.74 Å². The molecule has 2 aromatic rings. The standard InChI is InChI=1S/C24H29F3N2O2S/c1-29-18(10-9-16-7-5-4-6-8-16)11-12-19(29)15-28-23(30)22-20(31-2)13-17(24(25,26)27)14-21(22)32-3/h4-8,13-14,18-19H,9-12,15H2,1-3H3,(H,28,30)/t18-,19-/m0/s1. The van der Waals surface area contributed by atoms with Crippen molar-refractivity contribution in [2.45, 2.75) is 48.8 Å². The van der Waals surface area contributed by atoms with Crippen LogP contribution in [0.25, 0.3) is 0 Å². The molecule has 1 aliphatic heterocycles. The molecule has 0 bridgehead atoms. The number of likely N-dealkylation sites (tertiary alicyclic amines) is 1. The molecule has 8 heteroatoms. The number of nitrogens with one attached hydrogen (secondary N) is 1. The largest absolute Gasteiger partial charge is 0.496 e. The number of alkyl halides is 3. The summed E-state index contributed by atoms with van der Waals surface area (Å²) in [5.74, 6) is -0.483. The fourth-order valence-electron chi connectivity index (χ4n) is 4.26. The summed E-state index contributed by atoms with van der Waals surface area (Å²) in [7, 11) is 3.35. The van der Waals surface area contributed by atoms with Crippen LogP contribution < -0.4 is 10.1 Å². The zero-order valence-corrected chi connectivity index (χ0v) is 19.4. The van der Waals surface area contributed by atoms with E-state index in [1.54, 1.807) is 6.26 Å². The van der Waals surface area contributed by atoms with Gasteiger partial charge in [-0.1, -0.05) is 30.3 Å². The molecular formula is C24H29F3N2O2S. The van der Waals surface area contributed by atoms with Crippen LogP contribution in [0.3, 0.4) is 0 Å². The minimum absolute atomic E-state index is 0.0674. The van der Waals surface area contributed by atoms with Crippen molar-refractivity contribution in [2.75, 3.05) is 27.0 Å². The Hall–Kier alpha value is -2.19. The molecular weight excluding hydrogens is 437 g/mol. The van der Waals surface area contributed by atoms with Crippen molar-refractivity contribution in [3.05, 3.63) is 59.2 Å². The first-order chi connectivity index (χ1) is 15.2. The van der Waals surface area contributed by atoms with E-state index in [0.717, 1.165) is 49.6 Å². The van der Waals surface area contributed by atoms with Gasteiger partial charge in [-0.2, -0.15) is 13.2 Å². The van der Waals surface area contributed by atoms with Gasteiger partial charge in [0.05, 0.1) is 18.2 Å². The third kappa shape index (κ3) is 5.78. The summed E-state index contributed by atoms with van der Waals surface area (Å²) >= 11 is 1.10. The topological polar surface area (TPSA) is 41.6 Å². The fourth-order valence-corrected chi connectivity index (χ4v) is 4.90. The van der Waals surface area contributed by atoms with Gasteiger partial charge in [0.25, 0.3) is 5.91 Å². The van der Waals surface area contributed by atoms with E-state index >= 15 is 0 Å². The number of nitrogens with zero attached hydrogens (tertiary/aromatic N) is 1. The van der Waals surface area contributed by atoms with E-state index in [0.29, 0.717) is 12.6 Å². The highest BCUT2D eigenvalue weighted by molar-refractivity contribution is 7.98. The van der Waals surface area contributed by atoms with Gasteiger partial charge in [0, 0.05) is 23.5 Å². The summed E-state index contributed by atoms with van der Waals surface area (Å²) in [6.45, 7) is 0.440. The molecule has 1 saturated heterocycles. The quantitative estimate of drug-likeness (QED) is 0.539. The molecule has 2 aromatic carbocycles. The predicted octanol–water partition coefficient (Wildman–Crippen LogP) is 5.26. The number of hydrogen-bond donors (Lipinski definition) is 1. The van der Waals surface area contributed by atoms with Crippen LogP contribution in [-0.4, -0.2) is 49.8 Å². The van der Waals surface area contributed by atoms with Crippen LogP contribution in [0.5, 0.6) is 5.75 Å². The van der Waals surface area contributed by atoms with Crippen LogP contribution in [0.15, 0.2) is 47.4 Å². The van der Waals surface area contributed by atoms with Crippen LogP contribution >= 0.6 is 11.8 Å². The number of methoxy groups -OCH3 is 1. The van der Waals surface area contributed by atoms with Gasteiger partial charge in [-0.25, -0.2) is 0 Å². The second kappa shape index (κ2) is 10.6. The lowest BCUT2D eigenvalue weighted by atomic mass is 10.0. The van der Waals surface area contributed by atoms with Gasteiger partial charge in [-0.15, -0.1) is 11.8 Å². The van der Waals surface area contributed by atoms with Gasteiger partial charge < -0.3 is 10.1 Å². The van der Waals surface area contributed by atoms with Gasteiger partial charge in [-0.05, 0) is 56.7 Å². The summed E-state index contributed by atoms with van der Waals surface area (Å²) in [6, 6.07) is 12.9. The Morgan fingerprint density at radius 2 is 1.88 bits per heavy atom. The van der Waals surface area contributed by atoms with E-state index in [1.165, 1.54) is 12.7 Å². The number of hydrogen-bond acceptors (Lipinski definition) is 4. The lowest BCUT2D eigenvalue weighted by molar-refractivity contribution is -0.137. The minimum Gasteiger partial charge on any atom is -0.496 e. The molecule has 0 aromatic heterocycles. The van der Waals surface area contributed by atoms with Gasteiger partial charge in [0.2, 0.25) is 0 Å². The van der Waals surface area contributed by atoms with E-state index < -0.39 is 17.6 Å². The molecule has 0 spiro atoms. The SMILES string of the molecule is COc1cc(C(F)(F)F)cc(SC)c1C(=O)NC[C@@H]1CC[C@H](CCc2ccccc2)N1C. The molecule has 1 fully saturated rings. The van der Waals surface area contributed by atoms with E-state index in [-0.39, 0.29) is 22.3 Å². The molecule has 0 aliphatic carbocycles. The maximum absolute atomic E-state index is 13.2. The van der Waals surface area contributed by atoms with Crippen molar-refractivity contribution in [3.63, 3.8) is 0 Å². The van der Waals surface area contributed by atoms with Crippen LogP contribution in [-0.2, 0) is 12.6 Å². The Morgan fingerprint density at radius 3 is 2.50 bits per heavy atom. The normalized spacial score (nSPS) is 19.2. The summed E-state index contributed by atoms with van der Waals surface area (Å²) in [6.07, 6.45) is 1.23. The number of likely N-dealkylation sites (N-methyl/N-ethyl adjacent to an activating group) is 1. The smallest absolute Gasteiger partial charge is 0.416 e. The Labute approximate surface area is 191 Å². The summed E-state index contributed by atoms with van der Waals surface area (Å²) < 4.78 is 44.7. The number of halogens is 3. The van der Waals surface area contributed by atoms with Crippen LogP contribution in [0.4, 0.5) is 13.2 Å². The molecule has 2 atom stereocenters. The lowest BCUT2D eigenvalue weighted by Gasteiger charge is -2.26. The monoisotopic (exact) mass is 466 g/mol. The average Bonchev–Trinajstić information content (AvgIpc) is 3.14. The van der Waals surface area contributed by atoms with Crippen LogP contribution in [0.1, 0.15) is 40.7 Å². The van der Waals surface area contributed by atoms with Crippen LogP contribution in [0, 0.1) is 0 Å². The van der Waals surface area contributed by atoms with Crippen molar-refractivity contribution in [2.24, 2.45) is 0 Å². The number of amides is 1. The van der Waals surface area contributed by atoms with E-state index in [1.807, 2.05) is 18.2 Å². The average molecular weight is 467 g/mol. The molecule has 1 amide bonds. The van der Waals surface area contributed by atoms with Crippen molar-refractivity contribution in [3.8, 4) is 5.75 Å². The molecule has 0 radical (unpaired) electrons. The van der Waals surface area contributed by atoms with Gasteiger partial charge in [-0.3, -0.25) is 9.69 Å². The number of carbonyl (C=O) groups excluding carboxylic acids is 1. The third-order valence-corrected chi connectivity index (χ3v) is 6.91. The Kier molecular flexibility index (Phi) is 8.11. The Bertz CT molecular complexity index is 896. The Morgan fingerprint density at radius 1 is 1.19 bits per heavy atom. The molecule has 0 saturated carbocycles. The minimum atomic E-state index is -4.51. The number of aryl methyl sites for hydroxylation is 1. The summed E-state index contributed by atoms with van der Waals surface area (Å²) in [5, 5.41) is 2.92.